The molecule has 1 aliphatic heterocycles. The van der Waals surface area contributed by atoms with E-state index in [-0.39, 0.29) is 12.2 Å². The van der Waals surface area contributed by atoms with Crippen LogP contribution in [0, 0.1) is 0 Å². The van der Waals surface area contributed by atoms with Crippen LogP contribution >= 0.6 is 0 Å². The van der Waals surface area contributed by atoms with Gasteiger partial charge in [0.25, 0.3) is 0 Å². The molecule has 1 heterocycles. The minimum atomic E-state index is -2.27. The number of carbonyl (C=O) groups is 3. The molecule has 1 saturated heterocycles. The molecule has 11 nitrogen and oxygen atoms in total. The van der Waals surface area contributed by atoms with Crippen molar-refractivity contribution in [1.82, 2.24) is 4.90 Å². The molecule has 0 aromatic carbocycles. The quantitative estimate of drug-likeness (QED) is 0.391. The number of carboxylic acid groups (broad SMARTS) is 2. The third-order valence-corrected chi connectivity index (χ3v) is 2.86. The minimum absolute atomic E-state index is 0.0636. The van der Waals surface area contributed by atoms with Crippen LogP contribution in [0.25, 0.3) is 0 Å². The molecule has 11 heteroatoms. The predicted molar refractivity (Wildman–Crippen MR) is 83.9 cm³/mol. The monoisotopic (exact) mass is 366 g/mol. The summed E-state index contributed by atoms with van der Waals surface area (Å²) in [6.45, 7) is 7.61. The Morgan fingerprint density at radius 2 is 1.68 bits per heavy atom. The molecule has 146 valence electrons. The first-order valence-corrected chi connectivity index (χ1v) is 7.50. The van der Waals surface area contributed by atoms with Crippen LogP contribution in [-0.2, 0) is 19.1 Å². The molecule has 0 aliphatic carbocycles. The second-order valence-electron chi connectivity index (χ2n) is 6.22. The van der Waals surface area contributed by atoms with Gasteiger partial charge in [-0.25, -0.2) is 14.4 Å². The SMILES string of the molecule is CC(C)(C)OC(=O)N1CCO[C@@H](CN)C1.O=C(O)[C@H](O)[C@@H](O)C(=O)O. The Balaban J connectivity index is 0.000000504. The van der Waals surface area contributed by atoms with E-state index in [9.17, 15) is 14.4 Å². The molecule has 3 atom stereocenters. The predicted octanol–water partition coefficient (Wildman–Crippen LogP) is -1.54. The molecule has 0 spiro atoms. The maximum atomic E-state index is 11.7. The Hall–Kier alpha value is -1.95. The van der Waals surface area contributed by atoms with E-state index in [1.807, 2.05) is 20.8 Å². The van der Waals surface area contributed by atoms with Gasteiger partial charge in [0.1, 0.15) is 5.60 Å². The largest absolute Gasteiger partial charge is 0.479 e. The van der Waals surface area contributed by atoms with Gasteiger partial charge in [-0.15, -0.1) is 0 Å². The van der Waals surface area contributed by atoms with E-state index in [4.69, 9.17) is 35.6 Å². The van der Waals surface area contributed by atoms with Gasteiger partial charge in [0.05, 0.1) is 19.3 Å². The van der Waals surface area contributed by atoms with Gasteiger partial charge in [0.15, 0.2) is 12.2 Å². The molecule has 0 unspecified atom stereocenters. The third-order valence-electron chi connectivity index (χ3n) is 2.86. The van der Waals surface area contributed by atoms with Crippen molar-refractivity contribution in [1.29, 1.82) is 0 Å². The Morgan fingerprint density at radius 1 is 1.20 bits per heavy atom. The van der Waals surface area contributed by atoms with Crippen LogP contribution in [0.15, 0.2) is 0 Å². The van der Waals surface area contributed by atoms with E-state index >= 15 is 0 Å². The number of nitrogens with two attached hydrogens (primary N) is 1. The van der Waals surface area contributed by atoms with Crippen molar-refractivity contribution in [2.24, 2.45) is 5.73 Å². The first-order chi connectivity index (χ1) is 11.4. The zero-order valence-corrected chi connectivity index (χ0v) is 14.4. The van der Waals surface area contributed by atoms with Crippen molar-refractivity contribution < 1.29 is 44.3 Å². The zero-order chi connectivity index (χ0) is 19.8. The lowest BCUT2D eigenvalue weighted by atomic mass is 10.2. The summed E-state index contributed by atoms with van der Waals surface area (Å²) < 4.78 is 10.6. The highest BCUT2D eigenvalue weighted by atomic mass is 16.6. The summed E-state index contributed by atoms with van der Waals surface area (Å²) >= 11 is 0. The zero-order valence-electron chi connectivity index (χ0n) is 14.4. The van der Waals surface area contributed by atoms with Crippen molar-refractivity contribution in [3.05, 3.63) is 0 Å². The first kappa shape index (κ1) is 23.1. The molecule has 0 radical (unpaired) electrons. The van der Waals surface area contributed by atoms with Gasteiger partial charge in [-0.05, 0) is 20.8 Å². The van der Waals surface area contributed by atoms with Crippen LogP contribution in [0.1, 0.15) is 20.8 Å². The van der Waals surface area contributed by atoms with E-state index in [2.05, 4.69) is 0 Å². The van der Waals surface area contributed by atoms with Crippen molar-refractivity contribution in [3.8, 4) is 0 Å². The fourth-order valence-electron chi connectivity index (χ4n) is 1.62. The molecule has 1 rings (SSSR count). The molecule has 0 aromatic rings. The number of hydrogen-bond donors (Lipinski definition) is 5. The van der Waals surface area contributed by atoms with Crippen LogP contribution in [0.4, 0.5) is 4.79 Å². The second kappa shape index (κ2) is 10.1. The summed E-state index contributed by atoms with van der Waals surface area (Å²) in [5.41, 5.74) is 5.04. The highest BCUT2D eigenvalue weighted by Crippen LogP contribution is 2.12. The van der Waals surface area contributed by atoms with Gasteiger partial charge in [-0.3, -0.25) is 0 Å². The third kappa shape index (κ3) is 9.19. The van der Waals surface area contributed by atoms with Crippen LogP contribution in [0.2, 0.25) is 0 Å². The lowest BCUT2D eigenvalue weighted by molar-refractivity contribution is -0.165. The van der Waals surface area contributed by atoms with Crippen molar-refractivity contribution in [2.75, 3.05) is 26.2 Å². The number of hydrogen-bond acceptors (Lipinski definition) is 8. The normalized spacial score (nSPS) is 19.9. The lowest BCUT2D eigenvalue weighted by Gasteiger charge is -2.33. The van der Waals surface area contributed by atoms with E-state index < -0.39 is 29.7 Å². The number of aliphatic carboxylic acids is 2. The molecule has 0 bridgehead atoms. The fraction of sp³-hybridized carbons (Fsp3) is 0.786. The average Bonchev–Trinajstić information content (AvgIpc) is 2.52. The van der Waals surface area contributed by atoms with Gasteiger partial charge < -0.3 is 40.5 Å². The van der Waals surface area contributed by atoms with E-state index in [0.29, 0.717) is 26.2 Å². The van der Waals surface area contributed by atoms with E-state index in [1.165, 1.54) is 0 Å². The van der Waals surface area contributed by atoms with Crippen molar-refractivity contribution >= 4 is 18.0 Å². The van der Waals surface area contributed by atoms with Crippen LogP contribution in [0.5, 0.6) is 0 Å². The van der Waals surface area contributed by atoms with Gasteiger partial charge >= 0.3 is 18.0 Å². The molecular formula is C14H26N2O9. The van der Waals surface area contributed by atoms with Gasteiger partial charge in [0, 0.05) is 13.1 Å². The number of carbonyl (C=O) groups excluding carboxylic acids is 1. The number of nitrogens with zero attached hydrogens (tertiary/aromatic N) is 1. The van der Waals surface area contributed by atoms with Crippen LogP contribution in [-0.4, -0.2) is 93.5 Å². The molecule has 6 N–H and O–H groups in total. The van der Waals surface area contributed by atoms with Crippen LogP contribution in [0.3, 0.4) is 0 Å². The van der Waals surface area contributed by atoms with Gasteiger partial charge in [-0.1, -0.05) is 0 Å². The minimum Gasteiger partial charge on any atom is -0.479 e. The maximum absolute atomic E-state index is 11.7. The second-order valence-corrected chi connectivity index (χ2v) is 6.22. The summed E-state index contributed by atoms with van der Waals surface area (Å²) in [5.74, 6) is -3.54. The maximum Gasteiger partial charge on any atom is 0.410 e. The standard InChI is InChI=1S/C10H20N2O3.C4H6O6/c1-10(2,3)15-9(13)12-4-5-14-8(6-11)7-12;5-1(3(7)8)2(6)4(9)10/h8H,4-7,11H2,1-3H3;1-2,5-6H,(H,7,8)(H,9,10)/t8-;1-,2-/m01/s1. The number of rotatable bonds is 4. The first-order valence-electron chi connectivity index (χ1n) is 7.50. The number of aliphatic hydroxyl groups is 2. The number of aliphatic hydroxyl groups excluding tert-OH is 2. The van der Waals surface area contributed by atoms with Crippen molar-refractivity contribution in [2.45, 2.75) is 44.7 Å². The smallest absolute Gasteiger partial charge is 0.410 e. The van der Waals surface area contributed by atoms with Crippen LogP contribution < -0.4 is 5.73 Å². The summed E-state index contributed by atoms with van der Waals surface area (Å²) in [6, 6.07) is 0. The molecule has 1 aliphatic rings. The summed E-state index contributed by atoms with van der Waals surface area (Å²) in [5, 5.41) is 32.5. The highest BCUT2D eigenvalue weighted by molar-refractivity contribution is 5.83. The summed E-state index contributed by atoms with van der Waals surface area (Å²) in [7, 11) is 0. The van der Waals surface area contributed by atoms with E-state index in [1.54, 1.807) is 4.90 Å². The van der Waals surface area contributed by atoms with E-state index in [0.717, 1.165) is 0 Å². The Bertz CT molecular complexity index is 446. The topological polar surface area (TPSA) is 180 Å². The summed E-state index contributed by atoms with van der Waals surface area (Å²) in [4.78, 5) is 32.9. The number of carboxylic acids is 2. The number of ether oxygens (including phenoxy) is 2. The molecule has 1 amide bonds. The Kier molecular flexibility index (Phi) is 9.34. The number of morpholine rings is 1. The molecule has 1 fully saturated rings. The number of amides is 1. The lowest BCUT2D eigenvalue weighted by Crippen LogP contribution is -2.49. The summed E-state index contributed by atoms with van der Waals surface area (Å²) in [6.07, 6.45) is -4.88. The molecule has 0 saturated carbocycles. The van der Waals surface area contributed by atoms with Gasteiger partial charge in [-0.2, -0.15) is 0 Å². The fourth-order valence-corrected chi connectivity index (χ4v) is 1.62. The molecule has 0 aromatic heterocycles. The highest BCUT2D eigenvalue weighted by Gasteiger charge is 2.29. The Labute approximate surface area is 144 Å². The molecule has 25 heavy (non-hydrogen) atoms. The Morgan fingerprint density at radius 3 is 2.04 bits per heavy atom. The average molecular weight is 366 g/mol. The van der Waals surface area contributed by atoms with Gasteiger partial charge in [0.2, 0.25) is 0 Å². The van der Waals surface area contributed by atoms with Crippen molar-refractivity contribution in [3.63, 3.8) is 0 Å². The molecular weight excluding hydrogens is 340 g/mol.